The van der Waals surface area contributed by atoms with Crippen LogP contribution in [-0.2, 0) is 0 Å². The van der Waals surface area contributed by atoms with Gasteiger partial charge in [-0.3, -0.25) is 4.79 Å². The molecule has 0 aliphatic carbocycles. The average Bonchev–Trinajstić information content (AvgIpc) is 2.89. The Morgan fingerprint density at radius 1 is 1.05 bits per heavy atom. The third-order valence-corrected chi connectivity index (χ3v) is 3.93. The van der Waals surface area contributed by atoms with Crippen LogP contribution in [0.4, 0.5) is 0 Å². The summed E-state index contributed by atoms with van der Waals surface area (Å²) in [6.45, 7) is 3.85. The van der Waals surface area contributed by atoms with Crippen molar-refractivity contribution in [1.82, 2.24) is 0 Å². The van der Waals surface area contributed by atoms with E-state index in [2.05, 4.69) is 0 Å². The number of carbonyl (C=O) groups is 1. The van der Waals surface area contributed by atoms with Gasteiger partial charge < -0.3 is 9.47 Å². The van der Waals surface area contributed by atoms with Gasteiger partial charge >= 0.3 is 0 Å². The van der Waals surface area contributed by atoms with E-state index in [9.17, 15) is 4.79 Å². The van der Waals surface area contributed by atoms with Crippen molar-refractivity contribution in [2.75, 3.05) is 14.2 Å². The molecule has 0 atom stereocenters. The molecule has 0 saturated heterocycles. The van der Waals surface area contributed by atoms with Crippen LogP contribution < -0.4 is 9.47 Å². The van der Waals surface area contributed by atoms with Crippen LogP contribution in [0.3, 0.4) is 0 Å². The number of thiophene rings is 1. The third kappa shape index (κ3) is 2.63. The van der Waals surface area contributed by atoms with E-state index < -0.39 is 0 Å². The molecule has 3 nitrogen and oxygen atoms in total. The van der Waals surface area contributed by atoms with Crippen LogP contribution in [0.25, 0.3) is 0 Å². The Morgan fingerprint density at radius 2 is 1.79 bits per heavy atom. The molecule has 100 valence electrons. The van der Waals surface area contributed by atoms with Crippen molar-refractivity contribution in [3.05, 3.63) is 45.1 Å². The minimum Gasteiger partial charge on any atom is -0.496 e. The van der Waals surface area contributed by atoms with Gasteiger partial charge in [-0.25, -0.2) is 0 Å². The van der Waals surface area contributed by atoms with Crippen molar-refractivity contribution in [3.8, 4) is 11.5 Å². The molecule has 2 rings (SSSR count). The number of hydrogen-bond acceptors (Lipinski definition) is 4. The summed E-state index contributed by atoms with van der Waals surface area (Å²) in [6, 6.07) is 5.54. The Labute approximate surface area is 116 Å². The molecule has 0 bridgehead atoms. The zero-order valence-electron chi connectivity index (χ0n) is 11.4. The van der Waals surface area contributed by atoms with Crippen molar-refractivity contribution in [3.63, 3.8) is 0 Å². The number of carbonyl (C=O) groups excluding carboxylic acids is 1. The van der Waals surface area contributed by atoms with Crippen LogP contribution in [-0.4, -0.2) is 20.0 Å². The minimum atomic E-state index is 0.0246. The van der Waals surface area contributed by atoms with E-state index in [1.807, 2.05) is 31.4 Å². The molecular formula is C15H16O3S. The predicted octanol–water partition coefficient (Wildman–Crippen LogP) is 3.61. The van der Waals surface area contributed by atoms with Gasteiger partial charge in [0.05, 0.1) is 19.1 Å². The second-order valence-corrected chi connectivity index (χ2v) is 5.23. The molecule has 0 amide bonds. The van der Waals surface area contributed by atoms with Crippen molar-refractivity contribution < 1.29 is 14.3 Å². The summed E-state index contributed by atoms with van der Waals surface area (Å²) in [5.74, 6) is 1.55. The molecule has 0 saturated carbocycles. The maximum absolute atomic E-state index is 12.5. The second-order valence-electron chi connectivity index (χ2n) is 4.32. The molecule has 0 fully saturated rings. The first kappa shape index (κ1) is 13.6. The highest BCUT2D eigenvalue weighted by Crippen LogP contribution is 2.28. The number of aryl methyl sites for hydroxylation is 2. The highest BCUT2D eigenvalue weighted by Gasteiger charge is 2.16. The van der Waals surface area contributed by atoms with Crippen molar-refractivity contribution in [2.45, 2.75) is 13.8 Å². The summed E-state index contributed by atoms with van der Waals surface area (Å²) in [5, 5.41) is 1.83. The maximum atomic E-state index is 12.5. The molecule has 4 heteroatoms. The Morgan fingerprint density at radius 3 is 2.37 bits per heavy atom. The van der Waals surface area contributed by atoms with Crippen LogP contribution in [0.15, 0.2) is 23.6 Å². The first-order chi connectivity index (χ1) is 9.06. The van der Waals surface area contributed by atoms with E-state index in [-0.39, 0.29) is 5.78 Å². The summed E-state index contributed by atoms with van der Waals surface area (Å²) in [7, 11) is 3.23. The molecule has 0 unspecified atom stereocenters. The molecular weight excluding hydrogens is 260 g/mol. The maximum Gasteiger partial charge on any atom is 0.203 e. The fourth-order valence-electron chi connectivity index (χ4n) is 1.93. The number of hydrogen-bond donors (Lipinski definition) is 0. The molecule has 0 N–H and O–H groups in total. The lowest BCUT2D eigenvalue weighted by atomic mass is 10.0. The van der Waals surface area contributed by atoms with Gasteiger partial charge in [-0.2, -0.15) is 0 Å². The first-order valence-electron chi connectivity index (χ1n) is 5.89. The van der Waals surface area contributed by atoms with Gasteiger partial charge in [0.15, 0.2) is 0 Å². The van der Waals surface area contributed by atoms with Gasteiger partial charge in [-0.15, -0.1) is 11.3 Å². The smallest absolute Gasteiger partial charge is 0.203 e. The normalized spacial score (nSPS) is 10.3. The molecule has 1 aromatic carbocycles. The Hall–Kier alpha value is -1.81. The van der Waals surface area contributed by atoms with E-state index >= 15 is 0 Å². The van der Waals surface area contributed by atoms with Gasteiger partial charge in [0.2, 0.25) is 5.78 Å². The number of methoxy groups -OCH3 is 2. The number of ketones is 1. The molecule has 1 heterocycles. The number of rotatable bonds is 4. The Bertz CT molecular complexity index is 614. The van der Waals surface area contributed by atoms with Crippen LogP contribution in [0.2, 0.25) is 0 Å². The lowest BCUT2D eigenvalue weighted by Crippen LogP contribution is -2.03. The minimum absolute atomic E-state index is 0.0246. The van der Waals surface area contributed by atoms with Gasteiger partial charge in [-0.1, -0.05) is 0 Å². The predicted molar refractivity (Wildman–Crippen MR) is 76.8 cm³/mol. The van der Waals surface area contributed by atoms with E-state index in [1.54, 1.807) is 20.3 Å². The Balaban J connectivity index is 2.41. The standard InChI is InChI=1S/C15H16O3S/c1-9-6-13(18-4)10(2)5-12(9)15(16)14-7-11(17-3)8-19-14/h5-8H,1-4H3. The molecule has 19 heavy (non-hydrogen) atoms. The summed E-state index contributed by atoms with van der Waals surface area (Å²) in [5.41, 5.74) is 2.59. The summed E-state index contributed by atoms with van der Waals surface area (Å²) in [6.07, 6.45) is 0. The molecule has 0 aliphatic heterocycles. The van der Waals surface area contributed by atoms with Crippen molar-refractivity contribution in [1.29, 1.82) is 0 Å². The summed E-state index contributed by atoms with van der Waals surface area (Å²) >= 11 is 1.40. The fourth-order valence-corrected chi connectivity index (χ4v) is 2.74. The van der Waals surface area contributed by atoms with Gasteiger partial charge in [0.25, 0.3) is 0 Å². The van der Waals surface area contributed by atoms with Crippen LogP contribution >= 0.6 is 11.3 Å². The monoisotopic (exact) mass is 276 g/mol. The molecule has 0 aliphatic rings. The third-order valence-electron chi connectivity index (χ3n) is 3.02. The van der Waals surface area contributed by atoms with Gasteiger partial charge in [0, 0.05) is 17.0 Å². The lowest BCUT2D eigenvalue weighted by Gasteiger charge is -2.09. The largest absolute Gasteiger partial charge is 0.496 e. The second kappa shape index (κ2) is 5.45. The van der Waals surface area contributed by atoms with Gasteiger partial charge in [-0.05, 0) is 37.1 Å². The summed E-state index contributed by atoms with van der Waals surface area (Å²) < 4.78 is 10.4. The van der Waals surface area contributed by atoms with E-state index in [0.717, 1.165) is 22.6 Å². The molecule has 2 aromatic rings. The quantitative estimate of drug-likeness (QED) is 0.800. The zero-order chi connectivity index (χ0) is 14.0. The highest BCUT2D eigenvalue weighted by atomic mass is 32.1. The fraction of sp³-hybridized carbons (Fsp3) is 0.267. The molecule has 0 radical (unpaired) electrons. The average molecular weight is 276 g/mol. The van der Waals surface area contributed by atoms with Crippen LogP contribution in [0.5, 0.6) is 11.5 Å². The zero-order valence-corrected chi connectivity index (χ0v) is 12.3. The SMILES string of the molecule is COc1csc(C(=O)c2cc(C)c(OC)cc2C)c1. The first-order valence-corrected chi connectivity index (χ1v) is 6.77. The van der Waals surface area contributed by atoms with E-state index in [1.165, 1.54) is 11.3 Å². The Kier molecular flexibility index (Phi) is 3.90. The lowest BCUT2D eigenvalue weighted by molar-refractivity contribution is 0.104. The van der Waals surface area contributed by atoms with Crippen molar-refractivity contribution in [2.24, 2.45) is 0 Å². The van der Waals surface area contributed by atoms with Crippen LogP contribution in [0.1, 0.15) is 26.4 Å². The molecule has 0 spiro atoms. The highest BCUT2D eigenvalue weighted by molar-refractivity contribution is 7.12. The number of benzene rings is 1. The van der Waals surface area contributed by atoms with Gasteiger partial charge in [0.1, 0.15) is 11.5 Å². The van der Waals surface area contributed by atoms with E-state index in [0.29, 0.717) is 10.4 Å². The van der Waals surface area contributed by atoms with Crippen LogP contribution in [0, 0.1) is 13.8 Å². The number of ether oxygens (including phenoxy) is 2. The topological polar surface area (TPSA) is 35.5 Å². The molecule has 1 aromatic heterocycles. The van der Waals surface area contributed by atoms with E-state index in [4.69, 9.17) is 9.47 Å². The van der Waals surface area contributed by atoms with Crippen molar-refractivity contribution >= 4 is 17.1 Å². The summed E-state index contributed by atoms with van der Waals surface area (Å²) in [4.78, 5) is 13.1.